The summed E-state index contributed by atoms with van der Waals surface area (Å²) in [5.74, 6) is 0.456. The van der Waals surface area contributed by atoms with Crippen LogP contribution in [-0.2, 0) is 6.54 Å². The number of pyridine rings is 1. The van der Waals surface area contributed by atoms with Crippen molar-refractivity contribution < 1.29 is 0 Å². The van der Waals surface area contributed by atoms with E-state index < -0.39 is 0 Å². The van der Waals surface area contributed by atoms with Crippen molar-refractivity contribution >= 4 is 23.2 Å². The van der Waals surface area contributed by atoms with Gasteiger partial charge in [-0.1, -0.05) is 23.2 Å². The Balaban J connectivity index is 2.53. The van der Waals surface area contributed by atoms with Crippen molar-refractivity contribution in [3.63, 3.8) is 0 Å². The van der Waals surface area contributed by atoms with Gasteiger partial charge >= 0.3 is 0 Å². The highest BCUT2D eigenvalue weighted by molar-refractivity contribution is 6.35. The van der Waals surface area contributed by atoms with Gasteiger partial charge in [0.25, 0.3) is 0 Å². The van der Waals surface area contributed by atoms with E-state index >= 15 is 0 Å². The quantitative estimate of drug-likeness (QED) is 0.910. The molecule has 88 valence electrons. The maximum Gasteiger partial charge on any atom is 0.179 e. The lowest BCUT2D eigenvalue weighted by atomic mass is 10.2. The van der Waals surface area contributed by atoms with Crippen LogP contribution in [0.15, 0.2) is 18.5 Å². The zero-order valence-corrected chi connectivity index (χ0v) is 10.6. The van der Waals surface area contributed by atoms with Crippen molar-refractivity contribution in [2.24, 2.45) is 5.73 Å². The molecule has 0 atom stereocenters. The van der Waals surface area contributed by atoms with Crippen LogP contribution in [0.5, 0.6) is 0 Å². The highest BCUT2D eigenvalue weighted by atomic mass is 35.5. The van der Waals surface area contributed by atoms with Gasteiger partial charge < -0.3 is 5.73 Å². The molecule has 2 rings (SSSR count). The summed E-state index contributed by atoms with van der Waals surface area (Å²) in [6.07, 6.45) is 3.21. The molecule has 2 heterocycles. The zero-order valence-electron chi connectivity index (χ0n) is 9.11. The lowest BCUT2D eigenvalue weighted by Crippen LogP contribution is -2.05. The van der Waals surface area contributed by atoms with Crippen molar-refractivity contribution in [3.05, 3.63) is 39.8 Å². The molecular formula is C11H10Cl2N4. The summed E-state index contributed by atoms with van der Waals surface area (Å²) in [7, 11) is 0. The molecule has 0 amide bonds. The number of nitrogens with two attached hydrogens (primary N) is 1. The third-order valence-electron chi connectivity index (χ3n) is 2.29. The van der Waals surface area contributed by atoms with E-state index in [0.717, 1.165) is 11.3 Å². The van der Waals surface area contributed by atoms with E-state index in [9.17, 15) is 0 Å². The van der Waals surface area contributed by atoms with Crippen LogP contribution >= 0.6 is 23.2 Å². The van der Waals surface area contributed by atoms with Crippen molar-refractivity contribution in [2.75, 3.05) is 0 Å². The molecule has 0 aliphatic carbocycles. The van der Waals surface area contributed by atoms with Crippen LogP contribution in [0.1, 0.15) is 11.3 Å². The molecule has 2 aromatic heterocycles. The number of nitrogens with zero attached hydrogens (tertiary/aromatic N) is 3. The molecule has 0 saturated carbocycles. The van der Waals surface area contributed by atoms with E-state index in [1.165, 1.54) is 6.20 Å². The second-order valence-electron chi connectivity index (χ2n) is 3.51. The number of aryl methyl sites for hydroxylation is 1. The summed E-state index contributed by atoms with van der Waals surface area (Å²) >= 11 is 11.8. The van der Waals surface area contributed by atoms with Gasteiger partial charge in [-0.3, -0.25) is 0 Å². The predicted molar refractivity (Wildman–Crippen MR) is 67.9 cm³/mol. The molecule has 0 fully saturated rings. The van der Waals surface area contributed by atoms with E-state index in [4.69, 9.17) is 28.9 Å². The topological polar surface area (TPSA) is 64.7 Å². The van der Waals surface area contributed by atoms with Gasteiger partial charge in [-0.2, -0.15) is 0 Å². The van der Waals surface area contributed by atoms with E-state index in [-0.39, 0.29) is 0 Å². The smallest absolute Gasteiger partial charge is 0.179 e. The van der Waals surface area contributed by atoms with Crippen LogP contribution in [-0.4, -0.2) is 15.0 Å². The van der Waals surface area contributed by atoms with Gasteiger partial charge in [0.05, 0.1) is 15.7 Å². The van der Waals surface area contributed by atoms with Crippen LogP contribution in [0.2, 0.25) is 10.0 Å². The van der Waals surface area contributed by atoms with Gasteiger partial charge in [0.1, 0.15) is 5.69 Å². The second kappa shape index (κ2) is 4.96. The molecule has 0 aliphatic rings. The van der Waals surface area contributed by atoms with Crippen molar-refractivity contribution in [1.82, 2.24) is 15.0 Å². The normalized spacial score (nSPS) is 10.6. The summed E-state index contributed by atoms with van der Waals surface area (Å²) in [5, 5.41) is 0.897. The Morgan fingerprint density at radius 1 is 1.24 bits per heavy atom. The molecule has 0 radical (unpaired) electrons. The molecule has 0 aromatic carbocycles. The van der Waals surface area contributed by atoms with Gasteiger partial charge in [-0.25, -0.2) is 15.0 Å². The van der Waals surface area contributed by atoms with Crippen molar-refractivity contribution in [3.8, 4) is 11.5 Å². The minimum Gasteiger partial charge on any atom is -0.325 e. The monoisotopic (exact) mass is 268 g/mol. The first-order valence-electron chi connectivity index (χ1n) is 4.96. The Bertz CT molecular complexity index is 557. The van der Waals surface area contributed by atoms with Gasteiger partial charge in [-0.05, 0) is 18.6 Å². The standard InChI is InChI=1S/C11H10Cl2N4/c1-6-4-16-11(17-9(6)3-14)10-8(13)2-7(12)5-15-10/h2,4-5H,3,14H2,1H3. The largest absolute Gasteiger partial charge is 0.325 e. The summed E-state index contributed by atoms with van der Waals surface area (Å²) in [4.78, 5) is 12.6. The molecule has 0 unspecified atom stereocenters. The van der Waals surface area contributed by atoms with Crippen LogP contribution in [0.25, 0.3) is 11.5 Å². The van der Waals surface area contributed by atoms with Crippen molar-refractivity contribution in [2.45, 2.75) is 13.5 Å². The third-order valence-corrected chi connectivity index (χ3v) is 2.78. The SMILES string of the molecule is Cc1cnc(-c2ncc(Cl)cc2Cl)nc1CN. The van der Waals surface area contributed by atoms with Crippen LogP contribution in [0.3, 0.4) is 0 Å². The first-order valence-corrected chi connectivity index (χ1v) is 5.71. The Kier molecular flexibility index (Phi) is 3.57. The Hall–Kier alpha value is -1.23. The first-order chi connectivity index (χ1) is 8.11. The Morgan fingerprint density at radius 3 is 2.65 bits per heavy atom. The third kappa shape index (κ3) is 2.54. The van der Waals surface area contributed by atoms with Crippen LogP contribution in [0, 0.1) is 6.92 Å². The average molecular weight is 269 g/mol. The summed E-state index contributed by atoms with van der Waals surface area (Å²) in [6, 6.07) is 1.61. The number of hydrogen-bond acceptors (Lipinski definition) is 4. The maximum atomic E-state index is 6.04. The van der Waals surface area contributed by atoms with Gasteiger partial charge in [0.2, 0.25) is 0 Å². The summed E-state index contributed by atoms with van der Waals surface area (Å²) in [5.41, 5.74) is 7.83. The van der Waals surface area contributed by atoms with Gasteiger partial charge in [0, 0.05) is 18.9 Å². The van der Waals surface area contributed by atoms with E-state index in [1.54, 1.807) is 12.3 Å². The first kappa shape index (κ1) is 12.2. The minimum absolute atomic E-state index is 0.354. The molecule has 0 saturated heterocycles. The van der Waals surface area contributed by atoms with Crippen molar-refractivity contribution in [1.29, 1.82) is 0 Å². The summed E-state index contributed by atoms with van der Waals surface area (Å²) < 4.78 is 0. The molecule has 2 aromatic rings. The average Bonchev–Trinajstić information content (AvgIpc) is 2.30. The van der Waals surface area contributed by atoms with E-state index in [2.05, 4.69) is 15.0 Å². The Morgan fingerprint density at radius 2 is 2.00 bits per heavy atom. The molecule has 4 nitrogen and oxygen atoms in total. The molecule has 0 aliphatic heterocycles. The van der Waals surface area contributed by atoms with Gasteiger partial charge in [-0.15, -0.1) is 0 Å². The number of rotatable bonds is 2. The molecule has 2 N–H and O–H groups in total. The fraction of sp³-hybridized carbons (Fsp3) is 0.182. The fourth-order valence-electron chi connectivity index (χ4n) is 1.38. The highest BCUT2D eigenvalue weighted by Gasteiger charge is 2.10. The van der Waals surface area contributed by atoms with Gasteiger partial charge in [0.15, 0.2) is 5.82 Å². The lowest BCUT2D eigenvalue weighted by Gasteiger charge is -2.06. The molecule has 0 spiro atoms. The maximum absolute atomic E-state index is 6.04. The van der Waals surface area contributed by atoms with Crippen LogP contribution < -0.4 is 5.73 Å². The lowest BCUT2D eigenvalue weighted by molar-refractivity contribution is 0.941. The molecular weight excluding hydrogens is 259 g/mol. The molecule has 0 bridgehead atoms. The number of aromatic nitrogens is 3. The fourth-order valence-corrected chi connectivity index (χ4v) is 1.84. The zero-order chi connectivity index (χ0) is 12.4. The van der Waals surface area contributed by atoms with E-state index in [0.29, 0.717) is 28.1 Å². The number of halogens is 2. The minimum atomic E-state index is 0.354. The molecule has 6 heteroatoms. The highest BCUT2D eigenvalue weighted by Crippen LogP contribution is 2.25. The predicted octanol–water partition coefficient (Wildman–Crippen LogP) is 2.61. The summed E-state index contributed by atoms with van der Waals surface area (Å²) in [6.45, 7) is 2.26. The second-order valence-corrected chi connectivity index (χ2v) is 4.36. The van der Waals surface area contributed by atoms with Crippen LogP contribution in [0.4, 0.5) is 0 Å². The Labute approximate surface area is 109 Å². The molecule has 17 heavy (non-hydrogen) atoms. The van der Waals surface area contributed by atoms with E-state index in [1.807, 2.05) is 6.92 Å². The number of hydrogen-bond donors (Lipinski definition) is 1.